The molecule has 0 radical (unpaired) electrons. The van der Waals surface area contributed by atoms with Gasteiger partial charge in [0.2, 0.25) is 0 Å². The molecule has 110 valence electrons. The van der Waals surface area contributed by atoms with E-state index in [0.717, 1.165) is 23.7 Å². The number of aryl methyl sites for hydroxylation is 2. The number of amides is 1. The van der Waals surface area contributed by atoms with Crippen molar-refractivity contribution in [2.45, 2.75) is 32.7 Å². The van der Waals surface area contributed by atoms with Crippen molar-refractivity contribution >= 4 is 22.9 Å². The fourth-order valence-corrected chi connectivity index (χ4v) is 3.37. The van der Waals surface area contributed by atoms with Gasteiger partial charge in [-0.25, -0.2) is 4.98 Å². The topological polar surface area (TPSA) is 54.0 Å². The summed E-state index contributed by atoms with van der Waals surface area (Å²) < 4.78 is 0. The summed E-state index contributed by atoms with van der Waals surface area (Å²) >= 11 is 1.56. The van der Waals surface area contributed by atoms with Crippen molar-refractivity contribution in [3.05, 3.63) is 45.4 Å². The van der Waals surface area contributed by atoms with Crippen LogP contribution in [0.15, 0.2) is 23.6 Å². The Bertz CT molecular complexity index is 659. The smallest absolute Gasteiger partial charge is 0.275 e. The van der Waals surface area contributed by atoms with Gasteiger partial charge >= 0.3 is 0 Å². The predicted molar refractivity (Wildman–Crippen MR) is 86.0 cm³/mol. The van der Waals surface area contributed by atoms with Gasteiger partial charge in [-0.1, -0.05) is 6.07 Å². The number of thiazole rings is 1. The molecule has 1 unspecified atom stereocenters. The van der Waals surface area contributed by atoms with E-state index in [0.29, 0.717) is 11.7 Å². The van der Waals surface area contributed by atoms with Crippen LogP contribution in [-0.4, -0.2) is 17.4 Å². The zero-order chi connectivity index (χ0) is 14.8. The predicted octanol–water partition coefficient (Wildman–Crippen LogP) is 3.44. The Morgan fingerprint density at radius 3 is 2.95 bits per heavy atom. The van der Waals surface area contributed by atoms with Crippen molar-refractivity contribution in [3.8, 4) is 0 Å². The average Bonchev–Trinajstić information content (AvgIpc) is 3.12. The van der Waals surface area contributed by atoms with Crippen LogP contribution in [0.1, 0.15) is 45.5 Å². The van der Waals surface area contributed by atoms with Crippen molar-refractivity contribution < 1.29 is 4.79 Å². The van der Waals surface area contributed by atoms with Gasteiger partial charge in [0.25, 0.3) is 5.91 Å². The molecule has 1 saturated heterocycles. The van der Waals surface area contributed by atoms with Crippen LogP contribution in [0, 0.1) is 13.8 Å². The summed E-state index contributed by atoms with van der Waals surface area (Å²) in [5.41, 5.74) is 3.71. The lowest BCUT2D eigenvalue weighted by Crippen LogP contribution is -2.15. The van der Waals surface area contributed by atoms with Gasteiger partial charge < -0.3 is 10.6 Å². The van der Waals surface area contributed by atoms with E-state index in [1.54, 1.807) is 11.3 Å². The molecule has 1 amide bonds. The van der Waals surface area contributed by atoms with Crippen molar-refractivity contribution in [2.24, 2.45) is 0 Å². The van der Waals surface area contributed by atoms with Gasteiger partial charge in [0, 0.05) is 11.1 Å². The van der Waals surface area contributed by atoms with Crippen LogP contribution in [0.25, 0.3) is 0 Å². The lowest BCUT2D eigenvalue weighted by molar-refractivity contribution is 0.102. The molecular formula is C16H19N3OS. The van der Waals surface area contributed by atoms with Gasteiger partial charge in [0.1, 0.15) is 10.7 Å². The molecule has 21 heavy (non-hydrogen) atoms. The van der Waals surface area contributed by atoms with Crippen molar-refractivity contribution in [3.63, 3.8) is 0 Å². The van der Waals surface area contributed by atoms with E-state index in [2.05, 4.69) is 22.5 Å². The first-order chi connectivity index (χ1) is 10.1. The lowest BCUT2D eigenvalue weighted by Gasteiger charge is -2.07. The number of aromatic nitrogens is 1. The Labute approximate surface area is 128 Å². The maximum atomic E-state index is 12.3. The van der Waals surface area contributed by atoms with Gasteiger partial charge in [0.15, 0.2) is 0 Å². The van der Waals surface area contributed by atoms with Crippen LogP contribution >= 0.6 is 11.3 Å². The standard InChI is InChI=1S/C16H19N3OS/c1-10-5-6-12(8-11(10)2)18-15(20)14-9-21-16(19-14)13-4-3-7-17-13/h5-6,8-9,13,17H,3-4,7H2,1-2H3,(H,18,20). The minimum Gasteiger partial charge on any atom is -0.321 e. The Balaban J connectivity index is 1.71. The third kappa shape index (κ3) is 3.14. The number of nitrogens with one attached hydrogen (secondary N) is 2. The fraction of sp³-hybridized carbons (Fsp3) is 0.375. The SMILES string of the molecule is Cc1ccc(NC(=O)c2csc(C3CCCN3)n2)cc1C. The van der Waals surface area contributed by atoms with Crippen molar-refractivity contribution in [1.29, 1.82) is 0 Å². The zero-order valence-corrected chi connectivity index (χ0v) is 13.1. The largest absolute Gasteiger partial charge is 0.321 e. The van der Waals surface area contributed by atoms with E-state index in [1.165, 1.54) is 17.5 Å². The Hall–Kier alpha value is -1.72. The summed E-state index contributed by atoms with van der Waals surface area (Å²) in [5, 5.41) is 9.17. The number of carbonyl (C=O) groups is 1. The highest BCUT2D eigenvalue weighted by Crippen LogP contribution is 2.26. The van der Waals surface area contributed by atoms with Crippen LogP contribution in [0.5, 0.6) is 0 Å². The molecule has 1 aliphatic heterocycles. The molecule has 2 aromatic rings. The number of rotatable bonds is 3. The van der Waals surface area contributed by atoms with Gasteiger partial charge in [-0.2, -0.15) is 0 Å². The maximum absolute atomic E-state index is 12.3. The van der Waals surface area contributed by atoms with Crippen LogP contribution in [-0.2, 0) is 0 Å². The minimum absolute atomic E-state index is 0.140. The molecule has 4 nitrogen and oxygen atoms in total. The van der Waals surface area contributed by atoms with E-state index < -0.39 is 0 Å². The zero-order valence-electron chi connectivity index (χ0n) is 12.3. The molecule has 0 saturated carbocycles. The molecule has 1 aromatic heterocycles. The number of anilines is 1. The summed E-state index contributed by atoms with van der Waals surface area (Å²) in [6.07, 6.45) is 2.28. The highest BCUT2D eigenvalue weighted by Gasteiger charge is 2.21. The quantitative estimate of drug-likeness (QED) is 0.913. The van der Waals surface area contributed by atoms with E-state index in [1.807, 2.05) is 30.5 Å². The number of carbonyl (C=O) groups excluding carboxylic acids is 1. The minimum atomic E-state index is -0.140. The molecule has 2 N–H and O–H groups in total. The molecule has 2 heterocycles. The maximum Gasteiger partial charge on any atom is 0.275 e. The molecule has 1 aliphatic rings. The van der Waals surface area contributed by atoms with E-state index in [4.69, 9.17) is 0 Å². The Kier molecular flexibility index (Phi) is 4.03. The second-order valence-corrected chi connectivity index (χ2v) is 6.36. The summed E-state index contributed by atoms with van der Waals surface area (Å²) in [7, 11) is 0. The summed E-state index contributed by atoms with van der Waals surface area (Å²) in [4.78, 5) is 16.7. The second kappa shape index (κ2) is 5.95. The van der Waals surface area contributed by atoms with Crippen LogP contribution in [0.2, 0.25) is 0 Å². The second-order valence-electron chi connectivity index (χ2n) is 5.47. The van der Waals surface area contributed by atoms with Gasteiger partial charge in [-0.15, -0.1) is 11.3 Å². The average molecular weight is 301 g/mol. The number of hydrogen-bond donors (Lipinski definition) is 2. The first-order valence-electron chi connectivity index (χ1n) is 7.21. The molecule has 0 bridgehead atoms. The normalized spacial score (nSPS) is 17.9. The Morgan fingerprint density at radius 1 is 1.38 bits per heavy atom. The van der Waals surface area contributed by atoms with Crippen LogP contribution < -0.4 is 10.6 Å². The molecule has 1 aromatic carbocycles. The molecule has 5 heteroatoms. The highest BCUT2D eigenvalue weighted by atomic mass is 32.1. The number of nitrogens with zero attached hydrogens (tertiary/aromatic N) is 1. The van der Waals surface area contributed by atoms with E-state index >= 15 is 0 Å². The molecule has 1 fully saturated rings. The first kappa shape index (κ1) is 14.2. The van der Waals surface area contributed by atoms with Crippen LogP contribution in [0.4, 0.5) is 5.69 Å². The molecule has 0 aliphatic carbocycles. The van der Waals surface area contributed by atoms with E-state index in [9.17, 15) is 4.79 Å². The van der Waals surface area contributed by atoms with Gasteiger partial charge in [-0.05, 0) is 56.5 Å². The lowest BCUT2D eigenvalue weighted by atomic mass is 10.1. The summed E-state index contributed by atoms with van der Waals surface area (Å²) in [5.74, 6) is -0.140. The monoisotopic (exact) mass is 301 g/mol. The molecule has 1 atom stereocenters. The molecular weight excluding hydrogens is 282 g/mol. The molecule has 0 spiro atoms. The highest BCUT2D eigenvalue weighted by molar-refractivity contribution is 7.09. The van der Waals surface area contributed by atoms with E-state index in [-0.39, 0.29) is 5.91 Å². The number of benzene rings is 1. The van der Waals surface area contributed by atoms with Crippen LogP contribution in [0.3, 0.4) is 0 Å². The number of hydrogen-bond acceptors (Lipinski definition) is 4. The van der Waals surface area contributed by atoms with Crippen molar-refractivity contribution in [1.82, 2.24) is 10.3 Å². The fourth-order valence-electron chi connectivity index (χ4n) is 2.46. The van der Waals surface area contributed by atoms with Gasteiger partial charge in [0.05, 0.1) is 6.04 Å². The van der Waals surface area contributed by atoms with Gasteiger partial charge in [-0.3, -0.25) is 4.79 Å². The third-order valence-corrected chi connectivity index (χ3v) is 4.84. The molecule has 3 rings (SSSR count). The van der Waals surface area contributed by atoms with Crippen molar-refractivity contribution in [2.75, 3.05) is 11.9 Å². The third-order valence-electron chi connectivity index (χ3n) is 3.88. The summed E-state index contributed by atoms with van der Waals surface area (Å²) in [6.45, 7) is 5.13. The summed E-state index contributed by atoms with van der Waals surface area (Å²) in [6, 6.07) is 6.24. The first-order valence-corrected chi connectivity index (χ1v) is 8.09. The Morgan fingerprint density at radius 2 is 2.24 bits per heavy atom.